The molecule has 0 saturated carbocycles. The first-order chi connectivity index (χ1) is 5.88. The topological polar surface area (TPSA) is 48.1 Å². The molecule has 1 aromatic rings. The number of alkyl halides is 3. The molecular weight excluding hydrogens is 300 g/mol. The lowest BCUT2D eigenvalue weighted by Crippen LogP contribution is -2.18. The fourth-order valence-electron chi connectivity index (χ4n) is 0.641. The predicted octanol–water partition coefficient (Wildman–Crippen LogP) is 2.17. The highest BCUT2D eigenvalue weighted by molar-refractivity contribution is 14.1. The zero-order chi connectivity index (χ0) is 10.1. The van der Waals surface area contributed by atoms with Crippen molar-refractivity contribution in [1.29, 1.82) is 0 Å². The molecule has 1 heterocycles. The summed E-state index contributed by atoms with van der Waals surface area (Å²) in [6.07, 6.45) is -3.80. The zero-order valence-corrected chi connectivity index (χ0v) is 8.26. The van der Waals surface area contributed by atoms with Crippen LogP contribution in [0.2, 0.25) is 0 Å². The first kappa shape index (κ1) is 10.4. The number of nitrogen functional groups attached to an aromatic ring is 1. The van der Waals surface area contributed by atoms with Gasteiger partial charge >= 0.3 is 6.36 Å². The Balaban J connectivity index is 2.90. The first-order valence-electron chi connectivity index (χ1n) is 3.05. The van der Waals surface area contributed by atoms with Crippen molar-refractivity contribution in [3.8, 4) is 5.75 Å². The molecule has 0 amide bonds. The molecule has 1 aromatic heterocycles. The molecule has 0 atom stereocenters. The van der Waals surface area contributed by atoms with E-state index in [0.717, 1.165) is 6.20 Å². The van der Waals surface area contributed by atoms with Crippen LogP contribution in [-0.4, -0.2) is 11.3 Å². The van der Waals surface area contributed by atoms with Crippen LogP contribution in [0.15, 0.2) is 12.3 Å². The van der Waals surface area contributed by atoms with Crippen molar-refractivity contribution in [2.45, 2.75) is 6.36 Å². The van der Waals surface area contributed by atoms with E-state index in [1.54, 1.807) is 0 Å². The second-order valence-corrected chi connectivity index (χ2v) is 3.20. The van der Waals surface area contributed by atoms with E-state index in [0.29, 0.717) is 3.70 Å². The Bertz CT molecular complexity index is 315. The molecular formula is C6H4F3IN2O. The van der Waals surface area contributed by atoms with Gasteiger partial charge in [-0.15, -0.1) is 13.2 Å². The monoisotopic (exact) mass is 304 g/mol. The van der Waals surface area contributed by atoms with Gasteiger partial charge < -0.3 is 10.5 Å². The van der Waals surface area contributed by atoms with Crippen molar-refractivity contribution in [2.24, 2.45) is 0 Å². The van der Waals surface area contributed by atoms with Crippen molar-refractivity contribution in [3.63, 3.8) is 0 Å². The molecule has 0 fully saturated rings. The van der Waals surface area contributed by atoms with Crippen LogP contribution in [-0.2, 0) is 0 Å². The number of nitrogens with two attached hydrogens (primary N) is 1. The largest absolute Gasteiger partial charge is 0.573 e. The van der Waals surface area contributed by atoms with E-state index in [-0.39, 0.29) is 5.69 Å². The van der Waals surface area contributed by atoms with Crippen LogP contribution < -0.4 is 10.5 Å². The van der Waals surface area contributed by atoms with E-state index in [9.17, 15) is 13.2 Å². The van der Waals surface area contributed by atoms with Crippen LogP contribution in [0.5, 0.6) is 5.75 Å². The maximum atomic E-state index is 11.7. The summed E-state index contributed by atoms with van der Waals surface area (Å²) in [7, 11) is 0. The van der Waals surface area contributed by atoms with Gasteiger partial charge in [0.05, 0.1) is 11.9 Å². The van der Waals surface area contributed by atoms with Gasteiger partial charge in [-0.05, 0) is 28.7 Å². The van der Waals surface area contributed by atoms with Crippen LogP contribution in [0.25, 0.3) is 0 Å². The molecule has 2 N–H and O–H groups in total. The number of aromatic nitrogens is 1. The van der Waals surface area contributed by atoms with Crippen LogP contribution in [0.1, 0.15) is 0 Å². The number of nitrogens with zero attached hydrogens (tertiary/aromatic N) is 1. The maximum Gasteiger partial charge on any atom is 0.573 e. The molecule has 13 heavy (non-hydrogen) atoms. The standard InChI is InChI=1S/C6H4F3IN2O/c7-6(8,9)13-4-2-12-5(10)1-3(4)11/h1-2H,(H2,11,12). The Morgan fingerprint density at radius 3 is 2.54 bits per heavy atom. The van der Waals surface area contributed by atoms with Gasteiger partial charge in [0, 0.05) is 0 Å². The van der Waals surface area contributed by atoms with Crippen molar-refractivity contribution in [2.75, 3.05) is 5.73 Å². The number of ether oxygens (including phenoxy) is 1. The van der Waals surface area contributed by atoms with Gasteiger partial charge in [0.15, 0.2) is 5.75 Å². The third-order valence-corrected chi connectivity index (χ3v) is 1.68. The van der Waals surface area contributed by atoms with Crippen molar-refractivity contribution in [1.82, 2.24) is 4.98 Å². The van der Waals surface area contributed by atoms with Gasteiger partial charge in [0.1, 0.15) is 3.70 Å². The van der Waals surface area contributed by atoms with E-state index < -0.39 is 12.1 Å². The summed E-state index contributed by atoms with van der Waals surface area (Å²) in [5.74, 6) is -0.479. The molecule has 0 aromatic carbocycles. The van der Waals surface area contributed by atoms with Crippen LogP contribution in [0, 0.1) is 3.70 Å². The number of rotatable bonds is 1. The van der Waals surface area contributed by atoms with Crippen LogP contribution in [0.4, 0.5) is 18.9 Å². The number of halogens is 4. The Kier molecular flexibility index (Phi) is 2.84. The molecule has 72 valence electrons. The molecule has 0 radical (unpaired) electrons. The van der Waals surface area contributed by atoms with Gasteiger partial charge in [-0.3, -0.25) is 0 Å². The van der Waals surface area contributed by atoms with Crippen molar-refractivity contribution >= 4 is 28.3 Å². The SMILES string of the molecule is Nc1cc(I)ncc1OC(F)(F)F. The molecule has 0 bridgehead atoms. The van der Waals surface area contributed by atoms with E-state index in [1.165, 1.54) is 6.07 Å². The Morgan fingerprint density at radius 1 is 1.46 bits per heavy atom. The summed E-state index contributed by atoms with van der Waals surface area (Å²) < 4.78 is 39.2. The summed E-state index contributed by atoms with van der Waals surface area (Å²) in [4.78, 5) is 3.61. The fourth-order valence-corrected chi connectivity index (χ4v) is 1.12. The number of pyridine rings is 1. The van der Waals surface area contributed by atoms with Crippen LogP contribution >= 0.6 is 22.6 Å². The second kappa shape index (κ2) is 3.56. The molecule has 7 heteroatoms. The Hall–Kier alpha value is -0.730. The lowest BCUT2D eigenvalue weighted by atomic mass is 10.4. The maximum absolute atomic E-state index is 11.7. The average Bonchev–Trinajstić information content (AvgIpc) is 1.93. The van der Waals surface area contributed by atoms with E-state index >= 15 is 0 Å². The Morgan fingerprint density at radius 2 is 2.08 bits per heavy atom. The highest BCUT2D eigenvalue weighted by Crippen LogP contribution is 2.27. The normalized spacial score (nSPS) is 11.4. The smallest absolute Gasteiger partial charge is 0.402 e. The van der Waals surface area contributed by atoms with Gasteiger partial charge in [0.2, 0.25) is 0 Å². The minimum atomic E-state index is -4.73. The number of hydrogen-bond acceptors (Lipinski definition) is 3. The number of anilines is 1. The minimum absolute atomic E-state index is 0.0864. The predicted molar refractivity (Wildman–Crippen MR) is 48.0 cm³/mol. The molecule has 0 aliphatic rings. The fraction of sp³-hybridized carbons (Fsp3) is 0.167. The molecule has 0 saturated heterocycles. The summed E-state index contributed by atoms with van der Waals surface area (Å²) in [5.41, 5.74) is 5.17. The first-order valence-corrected chi connectivity index (χ1v) is 4.13. The van der Waals surface area contributed by atoms with Crippen molar-refractivity contribution < 1.29 is 17.9 Å². The average molecular weight is 304 g/mol. The van der Waals surface area contributed by atoms with E-state index in [1.807, 2.05) is 22.6 Å². The lowest BCUT2D eigenvalue weighted by molar-refractivity contribution is -0.274. The third-order valence-electron chi connectivity index (χ3n) is 1.09. The Labute approximate surface area is 85.2 Å². The summed E-state index contributed by atoms with van der Waals surface area (Å²) >= 11 is 1.83. The molecule has 0 aliphatic carbocycles. The molecule has 3 nitrogen and oxygen atoms in total. The van der Waals surface area contributed by atoms with Gasteiger partial charge in [-0.25, -0.2) is 4.98 Å². The van der Waals surface area contributed by atoms with Gasteiger partial charge in [-0.1, -0.05) is 0 Å². The minimum Gasteiger partial charge on any atom is -0.402 e. The lowest BCUT2D eigenvalue weighted by Gasteiger charge is -2.10. The second-order valence-electron chi connectivity index (χ2n) is 2.09. The van der Waals surface area contributed by atoms with Gasteiger partial charge in [-0.2, -0.15) is 0 Å². The highest BCUT2D eigenvalue weighted by Gasteiger charge is 2.32. The van der Waals surface area contributed by atoms with Crippen molar-refractivity contribution in [3.05, 3.63) is 16.0 Å². The van der Waals surface area contributed by atoms with Crippen LogP contribution in [0.3, 0.4) is 0 Å². The van der Waals surface area contributed by atoms with E-state index in [4.69, 9.17) is 5.73 Å². The van der Waals surface area contributed by atoms with Gasteiger partial charge in [0.25, 0.3) is 0 Å². The molecule has 0 unspecified atom stereocenters. The number of hydrogen-bond donors (Lipinski definition) is 1. The molecule has 1 rings (SSSR count). The summed E-state index contributed by atoms with van der Waals surface area (Å²) in [5, 5.41) is 0. The quantitative estimate of drug-likeness (QED) is 0.639. The summed E-state index contributed by atoms with van der Waals surface area (Å²) in [6, 6.07) is 1.29. The van der Waals surface area contributed by atoms with E-state index in [2.05, 4.69) is 9.72 Å². The highest BCUT2D eigenvalue weighted by atomic mass is 127. The zero-order valence-electron chi connectivity index (χ0n) is 6.10. The summed E-state index contributed by atoms with van der Waals surface area (Å²) in [6.45, 7) is 0. The molecule has 0 spiro atoms. The molecule has 0 aliphatic heterocycles. The third kappa shape index (κ3) is 3.25.